The van der Waals surface area contributed by atoms with Crippen LogP contribution in [0.2, 0.25) is 0 Å². The molecule has 4 nitrogen and oxygen atoms in total. The predicted octanol–water partition coefficient (Wildman–Crippen LogP) is 2.98. The Kier molecular flexibility index (Phi) is 3.43. The van der Waals surface area contributed by atoms with E-state index in [1.807, 2.05) is 36.4 Å². The predicted molar refractivity (Wildman–Crippen MR) is 80.9 cm³/mol. The van der Waals surface area contributed by atoms with Crippen molar-refractivity contribution in [2.75, 3.05) is 0 Å². The summed E-state index contributed by atoms with van der Waals surface area (Å²) in [4.78, 5) is 24.1. The Morgan fingerprint density at radius 3 is 2.00 bits per heavy atom. The van der Waals surface area contributed by atoms with Gasteiger partial charge in [0.2, 0.25) is 0 Å². The van der Waals surface area contributed by atoms with Crippen LogP contribution in [0.4, 0.5) is 0 Å². The number of amides is 2. The minimum absolute atomic E-state index is 0.389. The van der Waals surface area contributed by atoms with E-state index in [9.17, 15) is 9.59 Å². The molecule has 0 atom stereocenters. The fourth-order valence-corrected chi connectivity index (χ4v) is 2.10. The number of hydrazone groups is 1. The lowest BCUT2D eigenvalue weighted by molar-refractivity contribution is 0.0660. The maximum absolute atomic E-state index is 12.0. The Balaban J connectivity index is 1.75. The Hall–Kier alpha value is -3.01. The molecule has 21 heavy (non-hydrogen) atoms. The summed E-state index contributed by atoms with van der Waals surface area (Å²) in [6, 6.07) is 16.4. The maximum Gasteiger partial charge on any atom is 0.282 e. The number of imide groups is 1. The lowest BCUT2D eigenvalue weighted by Gasteiger charge is -2.04. The van der Waals surface area contributed by atoms with Gasteiger partial charge in [0.05, 0.1) is 11.1 Å². The first-order valence-electron chi connectivity index (χ1n) is 6.51. The van der Waals surface area contributed by atoms with E-state index in [0.29, 0.717) is 11.1 Å². The van der Waals surface area contributed by atoms with Crippen LogP contribution in [0.25, 0.3) is 6.08 Å². The Bertz CT molecular complexity index is 713. The number of hydrogen-bond donors (Lipinski definition) is 0. The van der Waals surface area contributed by atoms with Crippen LogP contribution in [0, 0.1) is 0 Å². The van der Waals surface area contributed by atoms with Gasteiger partial charge in [0.25, 0.3) is 11.8 Å². The number of carbonyl (C=O) groups is 2. The second-order valence-corrected chi connectivity index (χ2v) is 4.50. The molecule has 4 heteroatoms. The average molecular weight is 276 g/mol. The van der Waals surface area contributed by atoms with E-state index in [0.717, 1.165) is 10.6 Å². The highest BCUT2D eigenvalue weighted by atomic mass is 16.2. The van der Waals surface area contributed by atoms with E-state index in [2.05, 4.69) is 5.10 Å². The molecule has 0 saturated carbocycles. The third kappa shape index (κ3) is 2.51. The SMILES string of the molecule is O=C1c2ccccc2C(=O)N1/N=C/C=C/c1ccccc1. The summed E-state index contributed by atoms with van der Waals surface area (Å²) in [7, 11) is 0. The molecule has 0 aromatic heterocycles. The van der Waals surface area contributed by atoms with E-state index < -0.39 is 0 Å². The van der Waals surface area contributed by atoms with Gasteiger partial charge in [-0.15, -0.1) is 0 Å². The van der Waals surface area contributed by atoms with Gasteiger partial charge in [-0.25, -0.2) is 0 Å². The molecule has 3 rings (SSSR count). The van der Waals surface area contributed by atoms with Gasteiger partial charge in [-0.3, -0.25) is 9.59 Å². The molecule has 0 fully saturated rings. The van der Waals surface area contributed by atoms with Crippen molar-refractivity contribution in [3.8, 4) is 0 Å². The normalized spacial score (nSPS) is 14.4. The molecule has 0 saturated heterocycles. The third-order valence-electron chi connectivity index (χ3n) is 3.13. The third-order valence-corrected chi connectivity index (χ3v) is 3.13. The van der Waals surface area contributed by atoms with E-state index in [-0.39, 0.29) is 11.8 Å². The number of benzene rings is 2. The first-order chi connectivity index (χ1) is 10.3. The lowest BCUT2D eigenvalue weighted by Crippen LogP contribution is -2.23. The number of hydrogen-bond acceptors (Lipinski definition) is 3. The van der Waals surface area contributed by atoms with Crippen LogP contribution in [0.3, 0.4) is 0 Å². The molecular weight excluding hydrogens is 264 g/mol. The molecule has 0 unspecified atom stereocenters. The monoisotopic (exact) mass is 276 g/mol. The molecule has 1 aliphatic rings. The molecule has 102 valence electrons. The van der Waals surface area contributed by atoms with Gasteiger partial charge < -0.3 is 0 Å². The topological polar surface area (TPSA) is 49.7 Å². The molecule has 1 heterocycles. The summed E-state index contributed by atoms with van der Waals surface area (Å²) < 4.78 is 0. The average Bonchev–Trinajstić information content (AvgIpc) is 2.77. The van der Waals surface area contributed by atoms with Gasteiger partial charge in [0.15, 0.2) is 0 Å². The van der Waals surface area contributed by atoms with E-state index in [4.69, 9.17) is 0 Å². The molecule has 0 N–H and O–H groups in total. The highest BCUT2D eigenvalue weighted by molar-refractivity contribution is 6.21. The number of nitrogens with zero attached hydrogens (tertiary/aromatic N) is 2. The lowest BCUT2D eigenvalue weighted by atomic mass is 10.1. The Morgan fingerprint density at radius 2 is 1.38 bits per heavy atom. The van der Waals surface area contributed by atoms with E-state index in [1.54, 1.807) is 30.3 Å². The van der Waals surface area contributed by atoms with Crippen molar-refractivity contribution in [3.63, 3.8) is 0 Å². The van der Waals surface area contributed by atoms with Crippen LogP contribution in [0.1, 0.15) is 26.3 Å². The molecule has 2 aromatic rings. The van der Waals surface area contributed by atoms with Crippen molar-refractivity contribution >= 4 is 24.1 Å². The quantitative estimate of drug-likeness (QED) is 0.639. The van der Waals surface area contributed by atoms with Gasteiger partial charge in [0, 0.05) is 6.21 Å². The Labute approximate surface area is 122 Å². The van der Waals surface area contributed by atoms with Gasteiger partial charge in [-0.05, 0) is 23.8 Å². The van der Waals surface area contributed by atoms with E-state index in [1.165, 1.54) is 6.21 Å². The summed E-state index contributed by atoms with van der Waals surface area (Å²) in [5, 5.41) is 4.83. The molecule has 0 radical (unpaired) electrons. The van der Waals surface area contributed by atoms with Crippen LogP contribution in [0.15, 0.2) is 65.8 Å². The highest BCUT2D eigenvalue weighted by Gasteiger charge is 2.34. The molecule has 2 aromatic carbocycles. The standard InChI is InChI=1S/C17H12N2O2/c20-16-14-10-4-5-11-15(14)17(21)19(16)18-12-6-9-13-7-2-1-3-8-13/h1-12H/b9-6+,18-12+. The van der Waals surface area contributed by atoms with Crippen molar-refractivity contribution in [1.82, 2.24) is 5.01 Å². The second kappa shape index (κ2) is 5.54. The second-order valence-electron chi connectivity index (χ2n) is 4.50. The molecule has 2 amide bonds. The molecule has 0 spiro atoms. The fraction of sp³-hybridized carbons (Fsp3) is 0. The number of carbonyl (C=O) groups excluding carboxylic acids is 2. The Morgan fingerprint density at radius 1 is 0.810 bits per heavy atom. The fourth-order valence-electron chi connectivity index (χ4n) is 2.10. The summed E-state index contributed by atoms with van der Waals surface area (Å²) in [6.45, 7) is 0. The summed E-state index contributed by atoms with van der Waals surface area (Å²) in [5.74, 6) is -0.778. The zero-order valence-electron chi connectivity index (χ0n) is 11.1. The zero-order valence-corrected chi connectivity index (χ0v) is 11.1. The molecule has 1 aliphatic heterocycles. The smallest absolute Gasteiger partial charge is 0.267 e. The van der Waals surface area contributed by atoms with Crippen LogP contribution in [-0.4, -0.2) is 23.0 Å². The maximum atomic E-state index is 12.0. The van der Waals surface area contributed by atoms with Crippen molar-refractivity contribution in [2.24, 2.45) is 5.10 Å². The summed E-state index contributed by atoms with van der Waals surface area (Å²) in [6.07, 6.45) is 4.98. The van der Waals surface area contributed by atoms with Crippen molar-refractivity contribution in [3.05, 3.63) is 77.4 Å². The van der Waals surface area contributed by atoms with Crippen LogP contribution >= 0.6 is 0 Å². The molecule has 0 aliphatic carbocycles. The zero-order chi connectivity index (χ0) is 14.7. The van der Waals surface area contributed by atoms with Crippen LogP contribution < -0.4 is 0 Å². The minimum atomic E-state index is -0.389. The van der Waals surface area contributed by atoms with Gasteiger partial charge in [-0.1, -0.05) is 48.5 Å². The number of rotatable bonds is 3. The van der Waals surface area contributed by atoms with Gasteiger partial charge >= 0.3 is 0 Å². The highest BCUT2D eigenvalue weighted by Crippen LogP contribution is 2.22. The van der Waals surface area contributed by atoms with Gasteiger partial charge in [-0.2, -0.15) is 10.1 Å². The van der Waals surface area contributed by atoms with Crippen LogP contribution in [-0.2, 0) is 0 Å². The number of allylic oxidation sites excluding steroid dienone is 1. The minimum Gasteiger partial charge on any atom is -0.267 e. The van der Waals surface area contributed by atoms with Gasteiger partial charge in [0.1, 0.15) is 0 Å². The first kappa shape index (κ1) is 13.0. The molecular formula is C17H12N2O2. The largest absolute Gasteiger partial charge is 0.282 e. The summed E-state index contributed by atoms with van der Waals surface area (Å²) >= 11 is 0. The van der Waals surface area contributed by atoms with Crippen molar-refractivity contribution < 1.29 is 9.59 Å². The summed E-state index contributed by atoms with van der Waals surface area (Å²) in [5.41, 5.74) is 1.81. The van der Waals surface area contributed by atoms with Crippen molar-refractivity contribution in [2.45, 2.75) is 0 Å². The number of fused-ring (bicyclic) bond motifs is 1. The van der Waals surface area contributed by atoms with Crippen LogP contribution in [0.5, 0.6) is 0 Å². The molecule has 0 bridgehead atoms. The van der Waals surface area contributed by atoms with E-state index >= 15 is 0 Å². The first-order valence-corrected chi connectivity index (χ1v) is 6.51. The van der Waals surface area contributed by atoms with Crippen molar-refractivity contribution in [1.29, 1.82) is 0 Å².